The molecule has 0 heterocycles. The van der Waals surface area contributed by atoms with Gasteiger partial charge in [-0.3, -0.25) is 4.79 Å². The molecule has 210 valence electrons. The third-order valence-electron chi connectivity index (χ3n) is 7.13. The van der Waals surface area contributed by atoms with Gasteiger partial charge in [0.05, 0.1) is 4.90 Å². The second kappa shape index (κ2) is 10.1. The van der Waals surface area contributed by atoms with Crippen molar-refractivity contribution in [2.75, 3.05) is 13.1 Å². The van der Waals surface area contributed by atoms with E-state index in [-0.39, 0.29) is 47.8 Å². The Kier molecular flexibility index (Phi) is 7.95. The zero-order valence-corrected chi connectivity index (χ0v) is 21.2. The smallest absolute Gasteiger partial charge is 0.343 e. The van der Waals surface area contributed by atoms with Gasteiger partial charge < -0.3 is 4.90 Å². The van der Waals surface area contributed by atoms with Gasteiger partial charge in [0.15, 0.2) is 9.84 Å². The fraction of sp³-hybridized carbons (Fsp3) is 0.480. The van der Waals surface area contributed by atoms with Crippen molar-refractivity contribution < 1.29 is 48.3 Å². The highest BCUT2D eigenvalue weighted by Gasteiger charge is 2.73. The van der Waals surface area contributed by atoms with Crippen molar-refractivity contribution in [1.29, 1.82) is 0 Å². The Morgan fingerprint density at radius 2 is 1.39 bits per heavy atom. The average Bonchev–Trinajstić information content (AvgIpc) is 3.30. The molecule has 38 heavy (non-hydrogen) atoms. The molecule has 1 amide bonds. The van der Waals surface area contributed by atoms with Crippen molar-refractivity contribution in [3.8, 4) is 0 Å². The summed E-state index contributed by atoms with van der Waals surface area (Å²) < 4.78 is 133. The normalized spacial score (nSPS) is 20.9. The van der Waals surface area contributed by atoms with E-state index in [2.05, 4.69) is 0 Å². The first kappa shape index (κ1) is 29.9. The van der Waals surface area contributed by atoms with Crippen molar-refractivity contribution in [1.82, 2.24) is 4.90 Å². The molecule has 0 spiro atoms. The van der Waals surface area contributed by atoms with Crippen LogP contribution in [-0.4, -0.2) is 44.7 Å². The van der Waals surface area contributed by atoms with Crippen LogP contribution in [-0.2, 0) is 25.0 Å². The number of halogens is 8. The highest BCUT2D eigenvalue weighted by Crippen LogP contribution is 2.55. The number of benzene rings is 2. The number of nitrogens with zero attached hydrogens (tertiary/aromatic N) is 1. The quantitative estimate of drug-likeness (QED) is 0.284. The number of rotatable bonds is 7. The summed E-state index contributed by atoms with van der Waals surface area (Å²) in [5, 5.41) is 0. The van der Waals surface area contributed by atoms with Gasteiger partial charge in [-0.15, -0.1) is 0 Å². The zero-order chi connectivity index (χ0) is 28.7. The maximum Gasteiger partial charge on any atom is 0.435 e. The van der Waals surface area contributed by atoms with Gasteiger partial charge in [-0.1, -0.05) is 24.3 Å². The molecule has 13 heteroatoms. The fourth-order valence-corrected chi connectivity index (χ4v) is 7.21. The predicted molar refractivity (Wildman–Crippen MR) is 122 cm³/mol. The minimum atomic E-state index is -6.33. The van der Waals surface area contributed by atoms with E-state index in [1.807, 2.05) is 0 Å². The molecule has 0 radical (unpaired) electrons. The van der Waals surface area contributed by atoms with Gasteiger partial charge in [0, 0.05) is 24.6 Å². The van der Waals surface area contributed by atoms with Crippen LogP contribution in [0.1, 0.15) is 44.2 Å². The van der Waals surface area contributed by atoms with Crippen molar-refractivity contribution in [2.45, 2.75) is 60.8 Å². The molecule has 1 fully saturated rings. The molecule has 2 atom stereocenters. The molecule has 1 saturated carbocycles. The molecule has 0 saturated heterocycles. The number of carbonyl (C=O) groups is 1. The van der Waals surface area contributed by atoms with Gasteiger partial charge >= 0.3 is 18.0 Å². The number of hydrogen-bond acceptors (Lipinski definition) is 3. The Morgan fingerprint density at radius 3 is 1.84 bits per heavy atom. The van der Waals surface area contributed by atoms with E-state index in [0.29, 0.717) is 25.2 Å². The van der Waals surface area contributed by atoms with Crippen LogP contribution in [0.25, 0.3) is 0 Å². The molecule has 2 aromatic rings. The second-order valence-corrected chi connectivity index (χ2v) is 11.4. The molecule has 1 aliphatic rings. The molecule has 2 aromatic carbocycles. The van der Waals surface area contributed by atoms with E-state index in [1.165, 1.54) is 4.90 Å². The van der Waals surface area contributed by atoms with Crippen LogP contribution >= 0.6 is 0 Å². The lowest BCUT2D eigenvalue weighted by Crippen LogP contribution is -2.50. The number of carbonyl (C=O) groups excluding carboxylic acids is 1. The summed E-state index contributed by atoms with van der Waals surface area (Å²) in [4.78, 5) is 14.2. The molecule has 0 bridgehead atoms. The molecular formula is C25H25F8NO3S. The molecule has 0 unspecified atom stereocenters. The molecule has 0 N–H and O–H groups in total. The second-order valence-electron chi connectivity index (χ2n) is 9.13. The third-order valence-corrected chi connectivity index (χ3v) is 9.65. The predicted octanol–water partition coefficient (Wildman–Crippen LogP) is 6.45. The zero-order valence-electron chi connectivity index (χ0n) is 20.3. The Labute approximate surface area is 214 Å². The van der Waals surface area contributed by atoms with Crippen molar-refractivity contribution in [3.63, 3.8) is 0 Å². The fourth-order valence-electron chi connectivity index (χ4n) is 5.01. The topological polar surface area (TPSA) is 54.5 Å². The Hall–Kier alpha value is -2.70. The van der Waals surface area contributed by atoms with E-state index in [1.54, 1.807) is 13.8 Å². The lowest BCUT2D eigenvalue weighted by atomic mass is 9.89. The molecule has 1 aliphatic carbocycles. The van der Waals surface area contributed by atoms with Gasteiger partial charge in [-0.05, 0) is 62.9 Å². The maximum atomic E-state index is 14.6. The van der Waals surface area contributed by atoms with E-state index in [4.69, 9.17) is 0 Å². The number of amides is 1. The van der Waals surface area contributed by atoms with Gasteiger partial charge in [-0.25, -0.2) is 17.2 Å². The first-order valence-corrected chi connectivity index (χ1v) is 13.2. The number of sulfone groups is 1. The van der Waals surface area contributed by atoms with Crippen molar-refractivity contribution in [2.24, 2.45) is 5.92 Å². The van der Waals surface area contributed by atoms with Crippen molar-refractivity contribution in [3.05, 3.63) is 65.5 Å². The summed E-state index contributed by atoms with van der Waals surface area (Å²) in [6, 6.07) is 5.71. The summed E-state index contributed by atoms with van der Waals surface area (Å²) in [5.41, 5.74) is -7.64. The van der Waals surface area contributed by atoms with Crippen LogP contribution in [0, 0.1) is 11.7 Å². The van der Waals surface area contributed by atoms with Crippen molar-refractivity contribution >= 4 is 15.7 Å². The Bertz CT molecular complexity index is 1240. The average molecular weight is 572 g/mol. The third kappa shape index (κ3) is 4.77. The molecular weight excluding hydrogens is 546 g/mol. The van der Waals surface area contributed by atoms with Gasteiger partial charge in [0.1, 0.15) is 10.6 Å². The summed E-state index contributed by atoms with van der Waals surface area (Å²) in [6.07, 6.45) is -13.1. The van der Waals surface area contributed by atoms with Gasteiger partial charge in [0.25, 0.3) is 0 Å². The highest BCUT2D eigenvalue weighted by atomic mass is 32.2. The van der Waals surface area contributed by atoms with Crippen LogP contribution in [0.2, 0.25) is 0 Å². The first-order valence-electron chi connectivity index (χ1n) is 11.7. The molecule has 0 aliphatic heterocycles. The first-order chi connectivity index (χ1) is 17.5. The Balaban J connectivity index is 2.17. The standard InChI is InChI=1S/C25H25F8NO3S/c1-3-34(4-2)21(35)16-13-14-22(15-16,38(36,37)20-11-9-19(26)10-12-20)17-5-7-18(8-6-17)23(27,24(28,29)30)25(31,32)33/h5-12,16H,3-4,13-15H2,1-2H3/t16-,22-/m0/s1. The van der Waals surface area contributed by atoms with Crippen LogP contribution in [0.15, 0.2) is 53.4 Å². The summed E-state index contributed by atoms with van der Waals surface area (Å²) in [6.45, 7) is 4.13. The highest BCUT2D eigenvalue weighted by molar-refractivity contribution is 7.92. The minimum Gasteiger partial charge on any atom is -0.343 e. The molecule has 3 rings (SSSR count). The van der Waals surface area contributed by atoms with E-state index < -0.39 is 49.9 Å². The van der Waals surface area contributed by atoms with E-state index in [0.717, 1.165) is 24.3 Å². The monoisotopic (exact) mass is 571 g/mol. The van der Waals surface area contributed by atoms with Crippen LogP contribution in [0.3, 0.4) is 0 Å². The van der Waals surface area contributed by atoms with E-state index in [9.17, 15) is 48.3 Å². The lowest BCUT2D eigenvalue weighted by Gasteiger charge is -2.33. The summed E-state index contributed by atoms with van der Waals surface area (Å²) in [7, 11) is -4.46. The van der Waals surface area contributed by atoms with Crippen LogP contribution < -0.4 is 0 Å². The summed E-state index contributed by atoms with van der Waals surface area (Å²) in [5.74, 6) is -1.89. The molecule has 4 nitrogen and oxygen atoms in total. The van der Waals surface area contributed by atoms with Gasteiger partial charge in [0.2, 0.25) is 5.91 Å². The van der Waals surface area contributed by atoms with Crippen LogP contribution in [0.4, 0.5) is 35.1 Å². The largest absolute Gasteiger partial charge is 0.435 e. The Morgan fingerprint density at radius 1 is 0.895 bits per heavy atom. The maximum absolute atomic E-state index is 14.6. The van der Waals surface area contributed by atoms with Crippen LogP contribution in [0.5, 0.6) is 0 Å². The van der Waals surface area contributed by atoms with E-state index >= 15 is 0 Å². The number of alkyl halides is 7. The minimum absolute atomic E-state index is 0.0651. The molecule has 0 aromatic heterocycles. The number of hydrogen-bond donors (Lipinski definition) is 0. The SMILES string of the molecule is CCN(CC)C(=O)[C@H]1CC[C@](c2ccc(C(F)(C(F)(F)F)C(F)(F)F)cc2)(S(=O)(=O)c2ccc(F)cc2)C1. The summed E-state index contributed by atoms with van der Waals surface area (Å²) >= 11 is 0. The lowest BCUT2D eigenvalue weighted by molar-refractivity contribution is -0.348. The van der Waals surface area contributed by atoms with Gasteiger partial charge in [-0.2, -0.15) is 26.3 Å².